The van der Waals surface area contributed by atoms with E-state index in [1.54, 1.807) is 11.8 Å². The molecule has 1 amide bonds. The van der Waals surface area contributed by atoms with Crippen molar-refractivity contribution in [3.63, 3.8) is 0 Å². The molecule has 0 bridgehead atoms. The van der Waals surface area contributed by atoms with Gasteiger partial charge in [0.1, 0.15) is 0 Å². The molecule has 2 rings (SSSR count). The number of anilines is 1. The van der Waals surface area contributed by atoms with Gasteiger partial charge in [-0.3, -0.25) is 4.79 Å². The van der Waals surface area contributed by atoms with Crippen LogP contribution < -0.4 is 5.32 Å². The van der Waals surface area contributed by atoms with Gasteiger partial charge in [-0.15, -0.1) is 11.8 Å². The fourth-order valence-corrected chi connectivity index (χ4v) is 2.92. The molecule has 1 N–H and O–H groups in total. The van der Waals surface area contributed by atoms with Crippen molar-refractivity contribution in [3.8, 4) is 0 Å². The molecule has 2 aromatic carbocycles. The lowest BCUT2D eigenvalue weighted by Crippen LogP contribution is -2.14. The zero-order valence-corrected chi connectivity index (χ0v) is 14.3. The Morgan fingerprint density at radius 3 is 2.29 bits per heavy atom. The smallest absolute Gasteiger partial charge is 0.234 e. The molecule has 0 aromatic heterocycles. The van der Waals surface area contributed by atoms with Crippen LogP contribution in [0.2, 0.25) is 0 Å². The van der Waals surface area contributed by atoms with Crippen molar-refractivity contribution in [1.82, 2.24) is 0 Å². The van der Waals surface area contributed by atoms with Gasteiger partial charge < -0.3 is 5.32 Å². The normalized spacial score (nSPS) is 10.4. The summed E-state index contributed by atoms with van der Waals surface area (Å²) in [4.78, 5) is 11.9. The van der Waals surface area contributed by atoms with E-state index in [0.717, 1.165) is 22.3 Å². The topological polar surface area (TPSA) is 29.1 Å². The van der Waals surface area contributed by atoms with Gasteiger partial charge in [0, 0.05) is 15.9 Å². The summed E-state index contributed by atoms with van der Waals surface area (Å²) < 4.78 is 1.07. The number of carbonyl (C=O) groups is 1. The Hall–Kier alpha value is -1.26. The van der Waals surface area contributed by atoms with Gasteiger partial charge >= 0.3 is 0 Å². The number of aryl methyl sites for hydroxylation is 1. The molecule has 2 nitrogen and oxygen atoms in total. The number of nitrogens with one attached hydrogen (secondary N) is 1. The molecular formula is C17H18BrNOS. The summed E-state index contributed by atoms with van der Waals surface area (Å²) in [5, 5.41) is 2.92. The Labute approximate surface area is 138 Å². The number of hydrogen-bond acceptors (Lipinski definition) is 2. The average Bonchev–Trinajstić information content (AvgIpc) is 2.50. The van der Waals surface area contributed by atoms with E-state index >= 15 is 0 Å². The van der Waals surface area contributed by atoms with Gasteiger partial charge in [0.2, 0.25) is 5.91 Å². The highest BCUT2D eigenvalue weighted by atomic mass is 79.9. The number of carbonyl (C=O) groups excluding carboxylic acids is 1. The van der Waals surface area contributed by atoms with E-state index in [4.69, 9.17) is 0 Å². The van der Waals surface area contributed by atoms with Gasteiger partial charge in [-0.05, 0) is 41.8 Å². The highest BCUT2D eigenvalue weighted by Crippen LogP contribution is 2.16. The second-order valence-electron chi connectivity index (χ2n) is 4.72. The zero-order valence-electron chi connectivity index (χ0n) is 11.9. The van der Waals surface area contributed by atoms with Crippen molar-refractivity contribution < 1.29 is 4.79 Å². The van der Waals surface area contributed by atoms with Gasteiger partial charge in [0.25, 0.3) is 0 Å². The second kappa shape index (κ2) is 8.25. The summed E-state index contributed by atoms with van der Waals surface area (Å²) in [5.41, 5.74) is 3.36. The van der Waals surface area contributed by atoms with E-state index < -0.39 is 0 Å². The number of benzene rings is 2. The number of rotatable bonds is 6. The van der Waals surface area contributed by atoms with Crippen LogP contribution in [0.1, 0.15) is 18.1 Å². The fraction of sp³-hybridized carbons (Fsp3) is 0.235. The summed E-state index contributed by atoms with van der Waals surface area (Å²) in [7, 11) is 0. The minimum Gasteiger partial charge on any atom is -0.325 e. The number of halogens is 1. The summed E-state index contributed by atoms with van der Waals surface area (Å²) in [6.07, 6.45) is 1.01. The van der Waals surface area contributed by atoms with Crippen molar-refractivity contribution in [1.29, 1.82) is 0 Å². The van der Waals surface area contributed by atoms with Crippen molar-refractivity contribution in [2.24, 2.45) is 0 Å². The number of thioether (sulfide) groups is 1. The van der Waals surface area contributed by atoms with Crippen LogP contribution in [0.25, 0.3) is 0 Å². The number of hydrogen-bond donors (Lipinski definition) is 1. The van der Waals surface area contributed by atoms with Crippen LogP contribution in [0.3, 0.4) is 0 Å². The molecule has 0 radical (unpaired) electrons. The maximum atomic E-state index is 11.9. The van der Waals surface area contributed by atoms with E-state index in [1.807, 2.05) is 36.4 Å². The summed E-state index contributed by atoms with van der Waals surface area (Å²) in [6.45, 7) is 2.12. The van der Waals surface area contributed by atoms with Gasteiger partial charge in [-0.25, -0.2) is 0 Å². The average molecular weight is 364 g/mol. The SMILES string of the molecule is CCc1ccc(NC(=O)CSCc2ccc(Br)cc2)cc1. The van der Waals surface area contributed by atoms with Crippen molar-refractivity contribution in [2.75, 3.05) is 11.1 Å². The van der Waals surface area contributed by atoms with Crippen LogP contribution in [0.4, 0.5) is 5.69 Å². The van der Waals surface area contributed by atoms with E-state index in [0.29, 0.717) is 5.75 Å². The second-order valence-corrected chi connectivity index (χ2v) is 6.62. The van der Waals surface area contributed by atoms with Gasteiger partial charge in [0.05, 0.1) is 5.75 Å². The first kappa shape index (κ1) is 16.1. The maximum absolute atomic E-state index is 11.9. The minimum absolute atomic E-state index is 0.0429. The third kappa shape index (κ3) is 5.56. The molecular weight excluding hydrogens is 346 g/mol. The van der Waals surface area contributed by atoms with Crippen LogP contribution in [-0.4, -0.2) is 11.7 Å². The Morgan fingerprint density at radius 1 is 1.05 bits per heavy atom. The first-order chi connectivity index (χ1) is 10.2. The highest BCUT2D eigenvalue weighted by Gasteiger charge is 2.03. The predicted molar refractivity (Wildman–Crippen MR) is 94.8 cm³/mol. The molecule has 0 aliphatic carbocycles. The van der Waals surface area contributed by atoms with Gasteiger partial charge in [-0.1, -0.05) is 47.1 Å². The van der Waals surface area contributed by atoms with Gasteiger partial charge in [-0.2, -0.15) is 0 Å². The molecule has 0 atom stereocenters. The molecule has 21 heavy (non-hydrogen) atoms. The Bertz CT molecular complexity index is 581. The number of amides is 1. The molecule has 0 spiro atoms. The third-order valence-corrected chi connectivity index (χ3v) is 4.59. The lowest BCUT2D eigenvalue weighted by Gasteiger charge is -2.06. The lowest BCUT2D eigenvalue weighted by molar-refractivity contribution is -0.113. The zero-order chi connectivity index (χ0) is 15.1. The molecule has 4 heteroatoms. The Morgan fingerprint density at radius 2 is 1.67 bits per heavy atom. The van der Waals surface area contributed by atoms with Crippen molar-refractivity contribution in [3.05, 3.63) is 64.1 Å². The van der Waals surface area contributed by atoms with E-state index in [2.05, 4.69) is 40.3 Å². The molecule has 110 valence electrons. The Kier molecular flexibility index (Phi) is 6.33. The van der Waals surface area contributed by atoms with E-state index in [9.17, 15) is 4.79 Å². The standard InChI is InChI=1S/C17H18BrNOS/c1-2-13-5-9-16(10-6-13)19-17(20)12-21-11-14-3-7-15(18)8-4-14/h3-10H,2,11-12H2,1H3,(H,19,20). The van der Waals surface area contributed by atoms with E-state index in [1.165, 1.54) is 11.1 Å². The quantitative estimate of drug-likeness (QED) is 0.791. The summed E-state index contributed by atoms with van der Waals surface area (Å²) >= 11 is 5.03. The largest absolute Gasteiger partial charge is 0.325 e. The van der Waals surface area contributed by atoms with E-state index in [-0.39, 0.29) is 5.91 Å². The molecule has 0 aliphatic heterocycles. The molecule has 0 heterocycles. The van der Waals surface area contributed by atoms with Gasteiger partial charge in [0.15, 0.2) is 0 Å². The predicted octanol–water partition coefficient (Wildman–Crippen LogP) is 4.88. The molecule has 0 unspecified atom stereocenters. The third-order valence-electron chi connectivity index (χ3n) is 3.06. The van der Waals surface area contributed by atoms with Crippen LogP contribution >= 0.6 is 27.7 Å². The molecule has 0 fully saturated rings. The first-order valence-electron chi connectivity index (χ1n) is 6.88. The van der Waals surface area contributed by atoms with Crippen LogP contribution in [0.15, 0.2) is 53.0 Å². The lowest BCUT2D eigenvalue weighted by atomic mass is 10.1. The van der Waals surface area contributed by atoms with Crippen LogP contribution in [0, 0.1) is 0 Å². The summed E-state index contributed by atoms with van der Waals surface area (Å²) in [6, 6.07) is 16.2. The summed E-state index contributed by atoms with van der Waals surface area (Å²) in [5.74, 6) is 1.35. The molecule has 0 saturated heterocycles. The monoisotopic (exact) mass is 363 g/mol. The molecule has 0 aliphatic rings. The molecule has 0 saturated carbocycles. The van der Waals surface area contributed by atoms with Crippen molar-refractivity contribution >= 4 is 39.3 Å². The minimum atomic E-state index is 0.0429. The maximum Gasteiger partial charge on any atom is 0.234 e. The van der Waals surface area contributed by atoms with Crippen molar-refractivity contribution in [2.45, 2.75) is 19.1 Å². The van der Waals surface area contributed by atoms with Crippen LogP contribution in [-0.2, 0) is 17.0 Å². The highest BCUT2D eigenvalue weighted by molar-refractivity contribution is 9.10. The fourth-order valence-electron chi connectivity index (χ4n) is 1.86. The molecule has 2 aromatic rings. The van der Waals surface area contributed by atoms with Crippen LogP contribution in [0.5, 0.6) is 0 Å². The Balaban J connectivity index is 1.75. The first-order valence-corrected chi connectivity index (χ1v) is 8.83.